The third-order valence-electron chi connectivity index (χ3n) is 7.39. The number of carbonyl (C=O) groups is 1. The van der Waals surface area contributed by atoms with Crippen LogP contribution in [-0.2, 0) is 12.7 Å². The van der Waals surface area contributed by atoms with E-state index in [1.165, 1.54) is 38.7 Å². The van der Waals surface area contributed by atoms with Crippen LogP contribution in [0, 0.1) is 0 Å². The standard InChI is InChI=1S/C31H32F3N5O4/c1-4-38-10-12-39(13-11-38)18-21-8-9-22(15-25(21)31(32,33)34)37-29(40)20-6-5-7-23(14-20)43-30-24-16-27(41-2)28(42-3)17-26(24)35-19-36-30/h5-9,14-17,19H,4,10-13,18H2,1-3H3,(H,37,40). The van der Waals surface area contributed by atoms with Crippen molar-refractivity contribution in [1.82, 2.24) is 19.8 Å². The van der Waals surface area contributed by atoms with Crippen molar-refractivity contribution < 1.29 is 32.2 Å². The number of halogens is 3. The number of hydrogen-bond acceptors (Lipinski definition) is 8. The Morgan fingerprint density at radius 3 is 2.35 bits per heavy atom. The number of methoxy groups -OCH3 is 2. The summed E-state index contributed by atoms with van der Waals surface area (Å²) in [6.45, 7) is 6.24. The van der Waals surface area contributed by atoms with E-state index in [9.17, 15) is 18.0 Å². The van der Waals surface area contributed by atoms with Crippen LogP contribution in [0.25, 0.3) is 10.9 Å². The van der Waals surface area contributed by atoms with Crippen molar-refractivity contribution in [3.63, 3.8) is 0 Å². The first kappa shape index (κ1) is 30.1. The molecule has 1 amide bonds. The summed E-state index contributed by atoms with van der Waals surface area (Å²) in [6.07, 6.45) is -3.23. The monoisotopic (exact) mass is 595 g/mol. The molecular weight excluding hydrogens is 563 g/mol. The van der Waals surface area contributed by atoms with Crippen molar-refractivity contribution in [1.29, 1.82) is 0 Å². The van der Waals surface area contributed by atoms with Gasteiger partial charge in [-0.3, -0.25) is 9.69 Å². The fourth-order valence-corrected chi connectivity index (χ4v) is 5.02. The molecule has 0 radical (unpaired) electrons. The van der Waals surface area contributed by atoms with Crippen LogP contribution in [0.3, 0.4) is 0 Å². The normalized spacial score (nSPS) is 14.5. The van der Waals surface area contributed by atoms with Crippen LogP contribution in [-0.4, -0.2) is 72.6 Å². The number of nitrogens with zero attached hydrogens (tertiary/aromatic N) is 4. The topological polar surface area (TPSA) is 89.1 Å². The second-order valence-electron chi connectivity index (χ2n) is 10.1. The SMILES string of the molecule is CCN1CCN(Cc2ccc(NC(=O)c3cccc(Oc4ncnc5cc(OC)c(OC)cc45)c3)cc2C(F)(F)F)CC1. The zero-order valence-electron chi connectivity index (χ0n) is 24.1. The summed E-state index contributed by atoms with van der Waals surface area (Å²) < 4.78 is 58.8. The van der Waals surface area contributed by atoms with Gasteiger partial charge in [0.2, 0.25) is 5.88 Å². The number of alkyl halides is 3. The number of rotatable bonds is 9. The van der Waals surface area contributed by atoms with E-state index in [-0.39, 0.29) is 29.2 Å². The van der Waals surface area contributed by atoms with Crippen LogP contribution in [0.1, 0.15) is 28.4 Å². The van der Waals surface area contributed by atoms with Gasteiger partial charge in [-0.15, -0.1) is 0 Å². The Kier molecular flexibility index (Phi) is 8.97. The van der Waals surface area contributed by atoms with E-state index in [2.05, 4.69) is 27.1 Å². The van der Waals surface area contributed by atoms with Crippen molar-refractivity contribution in [2.24, 2.45) is 0 Å². The maximum Gasteiger partial charge on any atom is 0.416 e. The molecule has 0 bridgehead atoms. The van der Waals surface area contributed by atoms with E-state index in [4.69, 9.17) is 14.2 Å². The fourth-order valence-electron chi connectivity index (χ4n) is 5.02. The Hall–Kier alpha value is -4.42. The minimum atomic E-state index is -4.57. The maximum atomic E-state index is 14.0. The first-order valence-electron chi connectivity index (χ1n) is 13.8. The first-order chi connectivity index (χ1) is 20.7. The number of aromatic nitrogens is 2. The van der Waals surface area contributed by atoms with Crippen LogP contribution in [0.15, 0.2) is 60.9 Å². The zero-order valence-corrected chi connectivity index (χ0v) is 24.1. The van der Waals surface area contributed by atoms with Crippen LogP contribution in [0.5, 0.6) is 23.1 Å². The number of ether oxygens (including phenoxy) is 3. The molecule has 1 aliphatic heterocycles. The van der Waals surface area contributed by atoms with Crippen molar-refractivity contribution >= 4 is 22.5 Å². The lowest BCUT2D eigenvalue weighted by molar-refractivity contribution is -0.138. The summed E-state index contributed by atoms with van der Waals surface area (Å²) in [6, 6.07) is 13.6. The number of amides is 1. The molecule has 1 fully saturated rings. The third-order valence-corrected chi connectivity index (χ3v) is 7.39. The van der Waals surface area contributed by atoms with Gasteiger partial charge in [-0.25, -0.2) is 9.97 Å². The lowest BCUT2D eigenvalue weighted by atomic mass is 10.0. The van der Waals surface area contributed by atoms with Gasteiger partial charge >= 0.3 is 6.18 Å². The number of likely N-dealkylation sites (N-methyl/N-ethyl adjacent to an activating group) is 1. The van der Waals surface area contributed by atoms with Crippen molar-refractivity contribution in [3.8, 4) is 23.1 Å². The minimum absolute atomic E-state index is 0.0473. The second kappa shape index (κ2) is 12.8. The molecule has 43 heavy (non-hydrogen) atoms. The number of benzene rings is 3. The first-order valence-corrected chi connectivity index (χ1v) is 13.8. The van der Waals surface area contributed by atoms with Gasteiger partial charge in [-0.1, -0.05) is 19.1 Å². The highest BCUT2D eigenvalue weighted by atomic mass is 19.4. The molecule has 5 rings (SSSR count). The molecular formula is C31H32F3N5O4. The van der Waals surface area contributed by atoms with Gasteiger partial charge in [0.1, 0.15) is 12.1 Å². The lowest BCUT2D eigenvalue weighted by Crippen LogP contribution is -2.45. The molecule has 1 aliphatic rings. The Labute approximate surface area is 247 Å². The largest absolute Gasteiger partial charge is 0.493 e. The quantitative estimate of drug-likeness (QED) is 0.258. The number of fused-ring (bicyclic) bond motifs is 1. The molecule has 9 nitrogen and oxygen atoms in total. The Bertz CT molecular complexity index is 1610. The molecule has 0 aliphatic carbocycles. The number of carbonyl (C=O) groups excluding carboxylic acids is 1. The smallest absolute Gasteiger partial charge is 0.416 e. The molecule has 1 N–H and O–H groups in total. The molecule has 3 aromatic carbocycles. The van der Waals surface area contributed by atoms with E-state index >= 15 is 0 Å². The average molecular weight is 596 g/mol. The molecule has 1 aromatic heterocycles. The maximum absolute atomic E-state index is 14.0. The number of nitrogens with one attached hydrogen (secondary N) is 1. The van der Waals surface area contributed by atoms with Gasteiger partial charge in [-0.05, 0) is 48.5 Å². The number of anilines is 1. The fraction of sp³-hybridized carbons (Fsp3) is 0.323. The highest BCUT2D eigenvalue weighted by molar-refractivity contribution is 6.04. The van der Waals surface area contributed by atoms with Crippen LogP contribution >= 0.6 is 0 Å². The van der Waals surface area contributed by atoms with Crippen molar-refractivity contribution in [2.45, 2.75) is 19.6 Å². The molecule has 226 valence electrons. The van der Waals surface area contributed by atoms with Gasteiger partial charge in [0.15, 0.2) is 11.5 Å². The van der Waals surface area contributed by atoms with Gasteiger partial charge in [0, 0.05) is 50.0 Å². The Morgan fingerprint density at radius 1 is 0.930 bits per heavy atom. The van der Waals surface area contributed by atoms with Gasteiger partial charge in [0.25, 0.3) is 5.91 Å². The van der Waals surface area contributed by atoms with Crippen LogP contribution < -0.4 is 19.5 Å². The van der Waals surface area contributed by atoms with E-state index in [0.29, 0.717) is 41.2 Å². The van der Waals surface area contributed by atoms with Gasteiger partial charge in [0.05, 0.1) is 30.7 Å². The summed E-state index contributed by atoms with van der Waals surface area (Å²) >= 11 is 0. The predicted molar refractivity (Wildman–Crippen MR) is 156 cm³/mol. The molecule has 0 atom stereocenters. The third kappa shape index (κ3) is 6.98. The Balaban J connectivity index is 1.33. The number of hydrogen-bond donors (Lipinski definition) is 1. The molecule has 0 saturated carbocycles. The molecule has 1 saturated heterocycles. The number of piperazine rings is 1. The summed E-state index contributed by atoms with van der Waals surface area (Å²) in [7, 11) is 3.03. The van der Waals surface area contributed by atoms with E-state index < -0.39 is 17.6 Å². The summed E-state index contributed by atoms with van der Waals surface area (Å²) in [4.78, 5) is 25.9. The highest BCUT2D eigenvalue weighted by Crippen LogP contribution is 2.37. The highest BCUT2D eigenvalue weighted by Gasteiger charge is 2.34. The lowest BCUT2D eigenvalue weighted by Gasteiger charge is -2.34. The summed E-state index contributed by atoms with van der Waals surface area (Å²) in [5, 5.41) is 3.15. The Morgan fingerprint density at radius 2 is 1.65 bits per heavy atom. The van der Waals surface area contributed by atoms with E-state index in [1.54, 1.807) is 30.3 Å². The van der Waals surface area contributed by atoms with E-state index in [0.717, 1.165) is 25.7 Å². The molecule has 12 heteroatoms. The van der Waals surface area contributed by atoms with Gasteiger partial charge in [-0.2, -0.15) is 13.2 Å². The van der Waals surface area contributed by atoms with Gasteiger partial charge < -0.3 is 24.4 Å². The van der Waals surface area contributed by atoms with Crippen LogP contribution in [0.4, 0.5) is 18.9 Å². The average Bonchev–Trinajstić information content (AvgIpc) is 3.01. The predicted octanol–water partition coefficient (Wildman–Crippen LogP) is 5.85. The summed E-state index contributed by atoms with van der Waals surface area (Å²) in [5.41, 5.74) is 0.219. The second-order valence-corrected chi connectivity index (χ2v) is 10.1. The summed E-state index contributed by atoms with van der Waals surface area (Å²) in [5.74, 6) is 0.906. The van der Waals surface area contributed by atoms with Crippen molar-refractivity contribution in [2.75, 3.05) is 52.3 Å². The minimum Gasteiger partial charge on any atom is -0.493 e. The van der Waals surface area contributed by atoms with E-state index in [1.807, 2.05) is 4.90 Å². The molecule has 2 heterocycles. The van der Waals surface area contributed by atoms with Crippen LogP contribution in [0.2, 0.25) is 0 Å². The molecule has 4 aromatic rings. The molecule has 0 spiro atoms. The van der Waals surface area contributed by atoms with Crippen molar-refractivity contribution in [3.05, 3.63) is 77.6 Å². The molecule has 0 unspecified atom stereocenters. The zero-order chi connectivity index (χ0) is 30.6.